The first-order valence-corrected chi connectivity index (χ1v) is 6.58. The highest BCUT2D eigenvalue weighted by atomic mass is 19.1. The minimum Gasteiger partial charge on any atom is -0.315 e. The van der Waals surface area contributed by atoms with E-state index in [9.17, 15) is 4.39 Å². The third-order valence-electron chi connectivity index (χ3n) is 3.97. The van der Waals surface area contributed by atoms with Gasteiger partial charge in [-0.05, 0) is 49.1 Å². The molecule has 0 amide bonds. The predicted octanol–water partition coefficient (Wildman–Crippen LogP) is 2.11. The van der Waals surface area contributed by atoms with Gasteiger partial charge in [0.1, 0.15) is 5.82 Å². The summed E-state index contributed by atoms with van der Waals surface area (Å²) in [6, 6.07) is 5.82. The topological polar surface area (TPSA) is 15.3 Å². The average Bonchev–Trinajstić information content (AvgIpc) is 2.57. The second-order valence-corrected chi connectivity index (χ2v) is 5.04. The SMILES string of the molecule is Fc1ccc2c(c1)CCC2N1CCCNCC1. The van der Waals surface area contributed by atoms with Crippen LogP contribution in [0.5, 0.6) is 0 Å². The fraction of sp³-hybridized carbons (Fsp3) is 0.571. The Bertz CT molecular complexity index is 397. The van der Waals surface area contributed by atoms with Gasteiger partial charge < -0.3 is 5.32 Å². The normalized spacial score (nSPS) is 25.6. The first-order valence-electron chi connectivity index (χ1n) is 6.58. The molecule has 2 nitrogen and oxygen atoms in total. The third-order valence-corrected chi connectivity index (χ3v) is 3.97. The molecule has 1 heterocycles. The molecule has 0 spiro atoms. The number of hydrogen-bond acceptors (Lipinski definition) is 2. The molecule has 1 N–H and O–H groups in total. The molecule has 2 aliphatic rings. The highest BCUT2D eigenvalue weighted by molar-refractivity contribution is 5.35. The largest absolute Gasteiger partial charge is 0.315 e. The van der Waals surface area contributed by atoms with Crippen molar-refractivity contribution in [2.45, 2.75) is 25.3 Å². The van der Waals surface area contributed by atoms with Crippen LogP contribution >= 0.6 is 0 Å². The zero-order valence-corrected chi connectivity index (χ0v) is 10.1. The Morgan fingerprint density at radius 2 is 2.18 bits per heavy atom. The van der Waals surface area contributed by atoms with Crippen LogP contribution in [0, 0.1) is 5.82 Å². The van der Waals surface area contributed by atoms with Gasteiger partial charge in [-0.25, -0.2) is 4.39 Å². The lowest BCUT2D eigenvalue weighted by molar-refractivity contribution is 0.210. The molecule has 92 valence electrons. The summed E-state index contributed by atoms with van der Waals surface area (Å²) < 4.78 is 13.2. The van der Waals surface area contributed by atoms with Gasteiger partial charge in [0.2, 0.25) is 0 Å². The number of nitrogens with zero attached hydrogens (tertiary/aromatic N) is 1. The number of rotatable bonds is 1. The van der Waals surface area contributed by atoms with Gasteiger partial charge in [-0.3, -0.25) is 4.90 Å². The lowest BCUT2D eigenvalue weighted by Crippen LogP contribution is -2.31. The zero-order chi connectivity index (χ0) is 11.7. The van der Waals surface area contributed by atoms with Crippen molar-refractivity contribution in [2.24, 2.45) is 0 Å². The van der Waals surface area contributed by atoms with E-state index in [4.69, 9.17) is 0 Å². The van der Waals surface area contributed by atoms with Crippen LogP contribution in [-0.2, 0) is 6.42 Å². The van der Waals surface area contributed by atoms with Gasteiger partial charge in [-0.15, -0.1) is 0 Å². The van der Waals surface area contributed by atoms with E-state index in [1.54, 1.807) is 12.1 Å². The third kappa shape index (κ3) is 2.22. The molecule has 1 atom stereocenters. The lowest BCUT2D eigenvalue weighted by Gasteiger charge is -2.27. The van der Waals surface area contributed by atoms with Gasteiger partial charge in [0.15, 0.2) is 0 Å². The van der Waals surface area contributed by atoms with Crippen molar-refractivity contribution in [2.75, 3.05) is 26.2 Å². The summed E-state index contributed by atoms with van der Waals surface area (Å²) in [6.45, 7) is 4.47. The minimum atomic E-state index is -0.0954. The first kappa shape index (κ1) is 11.2. The number of hydrogen-bond donors (Lipinski definition) is 1. The van der Waals surface area contributed by atoms with Crippen molar-refractivity contribution in [1.29, 1.82) is 0 Å². The van der Waals surface area contributed by atoms with Crippen LogP contribution in [0.2, 0.25) is 0 Å². The van der Waals surface area contributed by atoms with E-state index in [0.717, 1.165) is 39.0 Å². The fourth-order valence-electron chi connectivity index (χ4n) is 3.12. The van der Waals surface area contributed by atoms with E-state index in [2.05, 4.69) is 10.2 Å². The molecule has 1 aromatic carbocycles. The Morgan fingerprint density at radius 1 is 1.24 bits per heavy atom. The smallest absolute Gasteiger partial charge is 0.123 e. The maximum absolute atomic E-state index is 13.2. The molecule has 0 radical (unpaired) electrons. The molecule has 3 rings (SSSR count). The number of nitrogens with one attached hydrogen (secondary N) is 1. The summed E-state index contributed by atoms with van der Waals surface area (Å²) in [6.07, 6.45) is 3.40. The molecule has 0 bridgehead atoms. The second-order valence-electron chi connectivity index (χ2n) is 5.04. The Kier molecular flexibility index (Phi) is 3.12. The number of benzene rings is 1. The van der Waals surface area contributed by atoms with Crippen molar-refractivity contribution < 1.29 is 4.39 Å². The maximum Gasteiger partial charge on any atom is 0.123 e. The summed E-state index contributed by atoms with van der Waals surface area (Å²) in [5, 5.41) is 3.43. The van der Waals surface area contributed by atoms with Crippen molar-refractivity contribution in [1.82, 2.24) is 10.2 Å². The molecule has 0 aromatic heterocycles. The van der Waals surface area contributed by atoms with E-state index in [1.807, 2.05) is 6.07 Å². The van der Waals surface area contributed by atoms with Gasteiger partial charge in [-0.2, -0.15) is 0 Å². The van der Waals surface area contributed by atoms with Gasteiger partial charge in [0.25, 0.3) is 0 Å². The fourth-order valence-corrected chi connectivity index (χ4v) is 3.12. The Hall–Kier alpha value is -0.930. The molecule has 1 aliphatic heterocycles. The van der Waals surface area contributed by atoms with E-state index in [1.165, 1.54) is 17.5 Å². The molecule has 1 aliphatic carbocycles. The standard InChI is InChI=1S/C14H19FN2/c15-12-3-4-13-11(10-12)2-5-14(13)17-8-1-6-16-7-9-17/h3-4,10,14,16H,1-2,5-9H2. The van der Waals surface area contributed by atoms with Crippen LogP contribution in [0.25, 0.3) is 0 Å². The van der Waals surface area contributed by atoms with Crippen LogP contribution in [0.15, 0.2) is 18.2 Å². The minimum absolute atomic E-state index is 0.0954. The number of halogens is 1. The van der Waals surface area contributed by atoms with E-state index in [0.29, 0.717) is 6.04 Å². The molecule has 3 heteroatoms. The molecule has 1 aromatic rings. The van der Waals surface area contributed by atoms with Gasteiger partial charge in [0.05, 0.1) is 0 Å². The molecule has 1 unspecified atom stereocenters. The van der Waals surface area contributed by atoms with Crippen LogP contribution in [0.4, 0.5) is 4.39 Å². The van der Waals surface area contributed by atoms with Crippen molar-refractivity contribution in [3.8, 4) is 0 Å². The molecule has 17 heavy (non-hydrogen) atoms. The maximum atomic E-state index is 13.2. The lowest BCUT2D eigenvalue weighted by atomic mass is 10.1. The van der Waals surface area contributed by atoms with Gasteiger partial charge in [0, 0.05) is 25.7 Å². The summed E-state index contributed by atoms with van der Waals surface area (Å²) in [7, 11) is 0. The van der Waals surface area contributed by atoms with Gasteiger partial charge in [-0.1, -0.05) is 6.07 Å². The monoisotopic (exact) mass is 234 g/mol. The highest BCUT2D eigenvalue weighted by Crippen LogP contribution is 2.36. The highest BCUT2D eigenvalue weighted by Gasteiger charge is 2.28. The summed E-state index contributed by atoms with van der Waals surface area (Å²) in [5.41, 5.74) is 2.57. The Labute approximate surface area is 102 Å². The van der Waals surface area contributed by atoms with E-state index >= 15 is 0 Å². The van der Waals surface area contributed by atoms with Crippen LogP contribution in [-0.4, -0.2) is 31.1 Å². The van der Waals surface area contributed by atoms with Crippen molar-refractivity contribution >= 4 is 0 Å². The van der Waals surface area contributed by atoms with Crippen molar-refractivity contribution in [3.05, 3.63) is 35.1 Å². The average molecular weight is 234 g/mol. The van der Waals surface area contributed by atoms with Gasteiger partial charge >= 0.3 is 0 Å². The number of aryl methyl sites for hydroxylation is 1. The van der Waals surface area contributed by atoms with Crippen LogP contribution in [0.1, 0.15) is 30.0 Å². The quantitative estimate of drug-likeness (QED) is 0.800. The molecule has 1 saturated heterocycles. The van der Waals surface area contributed by atoms with Crippen molar-refractivity contribution in [3.63, 3.8) is 0 Å². The Balaban J connectivity index is 1.82. The second kappa shape index (κ2) is 4.75. The Morgan fingerprint density at radius 3 is 3.12 bits per heavy atom. The van der Waals surface area contributed by atoms with E-state index < -0.39 is 0 Å². The zero-order valence-electron chi connectivity index (χ0n) is 10.1. The summed E-state index contributed by atoms with van der Waals surface area (Å²) in [5.74, 6) is -0.0954. The molecule has 0 saturated carbocycles. The summed E-state index contributed by atoms with van der Waals surface area (Å²) in [4.78, 5) is 2.56. The first-order chi connectivity index (χ1) is 8.34. The predicted molar refractivity (Wildman–Crippen MR) is 66.5 cm³/mol. The number of fused-ring (bicyclic) bond motifs is 1. The van der Waals surface area contributed by atoms with E-state index in [-0.39, 0.29) is 5.82 Å². The summed E-state index contributed by atoms with van der Waals surface area (Å²) >= 11 is 0. The molecule has 1 fully saturated rings. The van der Waals surface area contributed by atoms with Crippen LogP contribution in [0.3, 0.4) is 0 Å². The van der Waals surface area contributed by atoms with Crippen LogP contribution < -0.4 is 5.32 Å². The molecular formula is C14H19FN2. The molecular weight excluding hydrogens is 215 g/mol.